The maximum Gasteiger partial charge on any atom is 0.284 e. The summed E-state index contributed by atoms with van der Waals surface area (Å²) in [5, 5.41) is 0. The first-order chi connectivity index (χ1) is 8.16. The molecule has 2 rings (SSSR count). The van der Waals surface area contributed by atoms with Gasteiger partial charge in [0.05, 0.1) is 0 Å². The van der Waals surface area contributed by atoms with Crippen LogP contribution in [0.25, 0.3) is 0 Å². The molecular weight excluding hydrogens is 218 g/mol. The van der Waals surface area contributed by atoms with E-state index in [0.29, 0.717) is 5.76 Å². The molecule has 0 atom stereocenters. The highest BCUT2D eigenvalue weighted by atomic mass is 16.5. The van der Waals surface area contributed by atoms with Crippen LogP contribution in [-0.4, -0.2) is 5.91 Å². The van der Waals surface area contributed by atoms with Crippen molar-refractivity contribution in [2.24, 2.45) is 5.73 Å². The number of primary amides is 1. The molecule has 88 valence electrons. The summed E-state index contributed by atoms with van der Waals surface area (Å²) in [6.45, 7) is 2.24. The number of hydrogen-bond acceptors (Lipinski definition) is 3. The third-order valence-electron chi connectivity index (χ3n) is 2.37. The molecule has 0 aliphatic heterocycles. The lowest BCUT2D eigenvalue weighted by molar-refractivity contribution is 0.0970. The van der Waals surface area contributed by atoms with Crippen LogP contribution in [0.2, 0.25) is 0 Å². The number of carbonyl (C=O) groups excluding carboxylic acids is 1. The second-order valence-electron chi connectivity index (χ2n) is 3.68. The van der Waals surface area contributed by atoms with Gasteiger partial charge in [0, 0.05) is 0 Å². The molecule has 0 aliphatic rings. The SMILES string of the molecule is Cc1ccccc1OCc1ccc(C(N)=O)o1. The van der Waals surface area contributed by atoms with Crippen molar-refractivity contribution < 1.29 is 13.9 Å². The zero-order chi connectivity index (χ0) is 12.3. The lowest BCUT2D eigenvalue weighted by Crippen LogP contribution is -2.09. The van der Waals surface area contributed by atoms with E-state index in [1.54, 1.807) is 12.1 Å². The number of hydrogen-bond donors (Lipinski definition) is 1. The fourth-order valence-electron chi connectivity index (χ4n) is 1.46. The Balaban J connectivity index is 2.02. The van der Waals surface area contributed by atoms with Crippen molar-refractivity contribution >= 4 is 5.91 Å². The van der Waals surface area contributed by atoms with Crippen molar-refractivity contribution in [2.75, 3.05) is 0 Å². The number of nitrogens with two attached hydrogens (primary N) is 1. The number of amides is 1. The minimum absolute atomic E-state index is 0.147. The van der Waals surface area contributed by atoms with E-state index < -0.39 is 5.91 Å². The summed E-state index contributed by atoms with van der Waals surface area (Å²) in [6, 6.07) is 10.9. The molecule has 1 aromatic carbocycles. The van der Waals surface area contributed by atoms with Crippen LogP contribution in [0.15, 0.2) is 40.8 Å². The van der Waals surface area contributed by atoms with Gasteiger partial charge in [-0.1, -0.05) is 18.2 Å². The van der Waals surface area contributed by atoms with Crippen LogP contribution in [-0.2, 0) is 6.61 Å². The van der Waals surface area contributed by atoms with Crippen LogP contribution in [0.4, 0.5) is 0 Å². The first-order valence-electron chi connectivity index (χ1n) is 5.24. The topological polar surface area (TPSA) is 65.5 Å². The zero-order valence-electron chi connectivity index (χ0n) is 9.47. The van der Waals surface area contributed by atoms with E-state index in [2.05, 4.69) is 0 Å². The standard InChI is InChI=1S/C13H13NO3/c1-9-4-2-3-5-11(9)16-8-10-6-7-12(17-10)13(14)15/h2-7H,8H2,1H3,(H2,14,15). The summed E-state index contributed by atoms with van der Waals surface area (Å²) >= 11 is 0. The maximum absolute atomic E-state index is 10.8. The van der Waals surface area contributed by atoms with Crippen molar-refractivity contribution in [3.63, 3.8) is 0 Å². The van der Waals surface area contributed by atoms with Crippen molar-refractivity contribution in [3.05, 3.63) is 53.5 Å². The Hall–Kier alpha value is -2.23. The second-order valence-corrected chi connectivity index (χ2v) is 3.68. The normalized spacial score (nSPS) is 10.2. The van der Waals surface area contributed by atoms with Crippen molar-refractivity contribution in [1.82, 2.24) is 0 Å². The van der Waals surface area contributed by atoms with Crippen molar-refractivity contribution in [1.29, 1.82) is 0 Å². The maximum atomic E-state index is 10.8. The predicted molar refractivity (Wildman–Crippen MR) is 62.7 cm³/mol. The van der Waals surface area contributed by atoms with Gasteiger partial charge in [0.15, 0.2) is 5.76 Å². The Morgan fingerprint density at radius 3 is 2.71 bits per heavy atom. The molecule has 0 bridgehead atoms. The van der Waals surface area contributed by atoms with Gasteiger partial charge in [0.1, 0.15) is 18.1 Å². The summed E-state index contributed by atoms with van der Waals surface area (Å²) in [5.41, 5.74) is 6.14. The summed E-state index contributed by atoms with van der Waals surface area (Å²) < 4.78 is 10.8. The van der Waals surface area contributed by atoms with E-state index >= 15 is 0 Å². The Morgan fingerprint density at radius 2 is 2.06 bits per heavy atom. The number of ether oxygens (including phenoxy) is 1. The van der Waals surface area contributed by atoms with Gasteiger partial charge < -0.3 is 14.9 Å². The first kappa shape index (κ1) is 11.3. The largest absolute Gasteiger partial charge is 0.485 e. The molecule has 0 saturated carbocycles. The third kappa shape index (κ3) is 2.66. The predicted octanol–water partition coefficient (Wildman–Crippen LogP) is 2.27. The van der Waals surface area contributed by atoms with Crippen LogP contribution in [0.1, 0.15) is 21.9 Å². The summed E-state index contributed by atoms with van der Waals surface area (Å²) in [7, 11) is 0. The van der Waals surface area contributed by atoms with Crippen molar-refractivity contribution in [2.45, 2.75) is 13.5 Å². The van der Waals surface area contributed by atoms with E-state index in [0.717, 1.165) is 11.3 Å². The second kappa shape index (κ2) is 4.74. The number of rotatable bonds is 4. The molecule has 0 unspecified atom stereocenters. The smallest absolute Gasteiger partial charge is 0.284 e. The quantitative estimate of drug-likeness (QED) is 0.877. The van der Waals surface area contributed by atoms with Gasteiger partial charge in [0.25, 0.3) is 5.91 Å². The third-order valence-corrected chi connectivity index (χ3v) is 2.37. The molecule has 2 aromatic rings. The molecule has 0 spiro atoms. The van der Waals surface area contributed by atoms with Gasteiger partial charge in [-0.3, -0.25) is 4.79 Å². The summed E-state index contributed by atoms with van der Waals surface area (Å²) in [5.74, 6) is 0.937. The highest BCUT2D eigenvalue weighted by Crippen LogP contribution is 2.18. The van der Waals surface area contributed by atoms with E-state index in [4.69, 9.17) is 14.9 Å². The molecule has 17 heavy (non-hydrogen) atoms. The molecule has 0 fully saturated rings. The number of carbonyl (C=O) groups is 1. The number of benzene rings is 1. The number of furan rings is 1. The van der Waals surface area contributed by atoms with Gasteiger partial charge in [-0.05, 0) is 30.7 Å². The fraction of sp³-hybridized carbons (Fsp3) is 0.154. The first-order valence-corrected chi connectivity index (χ1v) is 5.24. The molecule has 0 saturated heterocycles. The van der Waals surface area contributed by atoms with Crippen LogP contribution in [0.5, 0.6) is 5.75 Å². The van der Waals surface area contributed by atoms with E-state index in [1.165, 1.54) is 0 Å². The molecule has 4 nitrogen and oxygen atoms in total. The van der Waals surface area contributed by atoms with Gasteiger partial charge >= 0.3 is 0 Å². The minimum Gasteiger partial charge on any atom is -0.485 e. The molecule has 4 heteroatoms. The number of aryl methyl sites for hydroxylation is 1. The Labute approximate surface area is 99.0 Å². The summed E-state index contributed by atoms with van der Waals surface area (Å²) in [6.07, 6.45) is 0. The molecule has 1 amide bonds. The van der Waals surface area contributed by atoms with Gasteiger partial charge in [-0.2, -0.15) is 0 Å². The molecular formula is C13H13NO3. The Kier molecular flexibility index (Phi) is 3.14. The average Bonchev–Trinajstić information content (AvgIpc) is 2.77. The molecule has 1 aromatic heterocycles. The lowest BCUT2D eigenvalue weighted by Gasteiger charge is -2.06. The molecule has 0 radical (unpaired) electrons. The van der Waals surface area contributed by atoms with E-state index in [9.17, 15) is 4.79 Å². The van der Waals surface area contributed by atoms with Gasteiger partial charge in [0.2, 0.25) is 0 Å². The van der Waals surface area contributed by atoms with Crippen LogP contribution >= 0.6 is 0 Å². The zero-order valence-corrected chi connectivity index (χ0v) is 9.47. The van der Waals surface area contributed by atoms with Gasteiger partial charge in [-0.15, -0.1) is 0 Å². The fourth-order valence-corrected chi connectivity index (χ4v) is 1.46. The van der Waals surface area contributed by atoms with Gasteiger partial charge in [-0.25, -0.2) is 0 Å². The van der Waals surface area contributed by atoms with Crippen molar-refractivity contribution in [3.8, 4) is 5.75 Å². The monoisotopic (exact) mass is 231 g/mol. The number of para-hydroxylation sites is 1. The van der Waals surface area contributed by atoms with Crippen LogP contribution in [0.3, 0.4) is 0 Å². The van der Waals surface area contributed by atoms with Crippen LogP contribution in [0, 0.1) is 6.92 Å². The summed E-state index contributed by atoms with van der Waals surface area (Å²) in [4.78, 5) is 10.8. The Morgan fingerprint density at radius 1 is 1.29 bits per heavy atom. The molecule has 2 N–H and O–H groups in total. The molecule has 0 aliphatic carbocycles. The lowest BCUT2D eigenvalue weighted by atomic mass is 10.2. The van der Waals surface area contributed by atoms with E-state index in [1.807, 2.05) is 31.2 Å². The van der Waals surface area contributed by atoms with Crippen LogP contribution < -0.4 is 10.5 Å². The highest BCUT2D eigenvalue weighted by molar-refractivity contribution is 5.89. The molecule has 1 heterocycles. The highest BCUT2D eigenvalue weighted by Gasteiger charge is 2.07. The average molecular weight is 231 g/mol. The minimum atomic E-state index is -0.577. The Bertz CT molecular complexity index is 531. The van der Waals surface area contributed by atoms with E-state index in [-0.39, 0.29) is 12.4 Å².